The van der Waals surface area contributed by atoms with Gasteiger partial charge in [-0.25, -0.2) is 0 Å². The highest BCUT2D eigenvalue weighted by molar-refractivity contribution is 6.22. The van der Waals surface area contributed by atoms with Crippen molar-refractivity contribution in [2.24, 2.45) is 0 Å². The molecule has 0 bridgehead atoms. The third-order valence-corrected chi connectivity index (χ3v) is 8.12. The SMILES string of the molecule is Cc1ccc2c(-c3ccccc3)c3ccccc3c(-c3cccc4c3-c3ccccc3C4(C)C)c2c1. The summed E-state index contributed by atoms with van der Waals surface area (Å²) in [6.07, 6.45) is 0. The zero-order valence-electron chi connectivity index (χ0n) is 21.0. The van der Waals surface area contributed by atoms with Crippen LogP contribution in [-0.2, 0) is 5.41 Å². The second-order valence-corrected chi connectivity index (χ2v) is 10.6. The topological polar surface area (TPSA) is 0 Å². The normalized spacial score (nSPS) is 13.6. The molecule has 0 saturated carbocycles. The molecule has 0 aromatic heterocycles. The van der Waals surface area contributed by atoms with Crippen LogP contribution in [0, 0.1) is 6.92 Å². The van der Waals surface area contributed by atoms with Gasteiger partial charge < -0.3 is 0 Å². The van der Waals surface area contributed by atoms with Crippen LogP contribution in [0.25, 0.3) is 54.9 Å². The molecule has 0 unspecified atom stereocenters. The van der Waals surface area contributed by atoms with Crippen molar-refractivity contribution >= 4 is 21.5 Å². The number of aryl methyl sites for hydroxylation is 1. The zero-order valence-corrected chi connectivity index (χ0v) is 21.0. The maximum absolute atomic E-state index is 2.38. The number of benzene rings is 6. The lowest BCUT2D eigenvalue weighted by molar-refractivity contribution is 0.660. The first-order valence-corrected chi connectivity index (χ1v) is 12.8. The fourth-order valence-corrected chi connectivity index (χ4v) is 6.46. The smallest absolute Gasteiger partial charge is 0.0159 e. The van der Waals surface area contributed by atoms with Crippen LogP contribution >= 0.6 is 0 Å². The van der Waals surface area contributed by atoms with Gasteiger partial charge in [-0.1, -0.05) is 135 Å². The van der Waals surface area contributed by atoms with Gasteiger partial charge in [0.05, 0.1) is 0 Å². The highest BCUT2D eigenvalue weighted by Gasteiger charge is 2.37. The minimum absolute atomic E-state index is 0.0204. The molecule has 0 spiro atoms. The molecule has 0 nitrogen and oxygen atoms in total. The lowest BCUT2D eigenvalue weighted by Crippen LogP contribution is -2.14. The molecular formula is C36H28. The quantitative estimate of drug-likeness (QED) is 0.226. The maximum atomic E-state index is 2.38. The van der Waals surface area contributed by atoms with Crippen LogP contribution in [0.2, 0.25) is 0 Å². The van der Waals surface area contributed by atoms with Crippen LogP contribution in [0.3, 0.4) is 0 Å². The van der Waals surface area contributed by atoms with Crippen molar-refractivity contribution in [1.82, 2.24) is 0 Å². The summed E-state index contributed by atoms with van der Waals surface area (Å²) in [5.41, 5.74) is 12.1. The molecular weight excluding hydrogens is 432 g/mol. The minimum atomic E-state index is -0.0204. The molecule has 172 valence electrons. The highest BCUT2D eigenvalue weighted by Crippen LogP contribution is 2.54. The number of rotatable bonds is 2. The van der Waals surface area contributed by atoms with Crippen LogP contribution in [0.4, 0.5) is 0 Å². The van der Waals surface area contributed by atoms with Crippen molar-refractivity contribution < 1.29 is 0 Å². The minimum Gasteiger partial charge on any atom is -0.0622 e. The third kappa shape index (κ3) is 2.88. The molecule has 0 heterocycles. The largest absolute Gasteiger partial charge is 0.0622 e. The van der Waals surface area contributed by atoms with E-state index in [0.29, 0.717) is 0 Å². The van der Waals surface area contributed by atoms with E-state index in [4.69, 9.17) is 0 Å². The highest BCUT2D eigenvalue weighted by atomic mass is 14.4. The molecule has 36 heavy (non-hydrogen) atoms. The molecule has 0 N–H and O–H groups in total. The van der Waals surface area contributed by atoms with Crippen LogP contribution in [0.15, 0.2) is 115 Å². The Balaban J connectivity index is 1.69. The second-order valence-electron chi connectivity index (χ2n) is 10.6. The van der Waals surface area contributed by atoms with Crippen LogP contribution in [0.5, 0.6) is 0 Å². The lowest BCUT2D eigenvalue weighted by Gasteiger charge is -2.22. The molecule has 0 heteroatoms. The molecule has 6 aromatic carbocycles. The summed E-state index contributed by atoms with van der Waals surface area (Å²) in [7, 11) is 0. The van der Waals surface area contributed by atoms with Gasteiger partial charge in [-0.05, 0) is 73.0 Å². The molecule has 0 fully saturated rings. The van der Waals surface area contributed by atoms with Crippen molar-refractivity contribution in [3.8, 4) is 33.4 Å². The van der Waals surface area contributed by atoms with E-state index in [9.17, 15) is 0 Å². The molecule has 1 aliphatic rings. The molecule has 7 rings (SSSR count). The fraction of sp³-hybridized carbons (Fsp3) is 0.111. The van der Waals surface area contributed by atoms with Gasteiger partial charge in [0, 0.05) is 5.41 Å². The number of hydrogen-bond acceptors (Lipinski definition) is 0. The average molecular weight is 461 g/mol. The van der Waals surface area contributed by atoms with Crippen molar-refractivity contribution in [3.63, 3.8) is 0 Å². The van der Waals surface area contributed by atoms with Crippen molar-refractivity contribution in [3.05, 3.63) is 132 Å². The Morgan fingerprint density at radius 2 is 1.06 bits per heavy atom. The molecule has 0 saturated heterocycles. The van der Waals surface area contributed by atoms with Crippen molar-refractivity contribution in [1.29, 1.82) is 0 Å². The molecule has 0 atom stereocenters. The lowest BCUT2D eigenvalue weighted by atomic mass is 9.80. The van der Waals surface area contributed by atoms with E-state index in [0.717, 1.165) is 0 Å². The summed E-state index contributed by atoms with van der Waals surface area (Å²) in [4.78, 5) is 0. The summed E-state index contributed by atoms with van der Waals surface area (Å²) >= 11 is 0. The molecule has 1 aliphatic carbocycles. The van der Waals surface area contributed by atoms with E-state index >= 15 is 0 Å². The van der Waals surface area contributed by atoms with Gasteiger partial charge >= 0.3 is 0 Å². The van der Waals surface area contributed by atoms with Crippen LogP contribution in [-0.4, -0.2) is 0 Å². The Labute approximate surface area is 212 Å². The Morgan fingerprint density at radius 1 is 0.444 bits per heavy atom. The Bertz CT molecular complexity index is 1800. The van der Waals surface area contributed by atoms with Crippen molar-refractivity contribution in [2.75, 3.05) is 0 Å². The van der Waals surface area contributed by atoms with Crippen LogP contribution < -0.4 is 0 Å². The summed E-state index contributed by atoms with van der Waals surface area (Å²) in [6, 6.07) is 42.6. The third-order valence-electron chi connectivity index (χ3n) is 8.12. The van der Waals surface area contributed by atoms with E-state index in [2.05, 4.69) is 136 Å². The first-order valence-electron chi connectivity index (χ1n) is 12.8. The van der Waals surface area contributed by atoms with Crippen LogP contribution in [0.1, 0.15) is 30.5 Å². The van der Waals surface area contributed by atoms with Gasteiger partial charge in [0.15, 0.2) is 0 Å². The van der Waals surface area contributed by atoms with E-state index in [1.54, 1.807) is 0 Å². The van der Waals surface area contributed by atoms with E-state index in [1.165, 1.54) is 71.6 Å². The summed E-state index contributed by atoms with van der Waals surface area (Å²) < 4.78 is 0. The standard InChI is InChI=1S/C36H28/c1-23-20-21-27-30(22-23)34(26-15-8-7-14-25(26)33(27)24-12-5-4-6-13-24)29-17-11-19-32-35(29)28-16-9-10-18-31(28)36(32,2)3/h4-22H,1-3H3. The van der Waals surface area contributed by atoms with Gasteiger partial charge in [0.2, 0.25) is 0 Å². The Morgan fingerprint density at radius 3 is 1.86 bits per heavy atom. The molecule has 0 radical (unpaired) electrons. The monoisotopic (exact) mass is 460 g/mol. The number of hydrogen-bond donors (Lipinski definition) is 0. The summed E-state index contributed by atoms with van der Waals surface area (Å²) in [5, 5.41) is 5.25. The van der Waals surface area contributed by atoms with E-state index in [-0.39, 0.29) is 5.41 Å². The summed E-state index contributed by atoms with van der Waals surface area (Å²) in [5.74, 6) is 0. The molecule has 0 amide bonds. The Kier molecular flexibility index (Phi) is 4.51. The maximum Gasteiger partial charge on any atom is 0.0159 e. The van der Waals surface area contributed by atoms with E-state index < -0.39 is 0 Å². The second kappa shape index (κ2) is 7.67. The van der Waals surface area contributed by atoms with Gasteiger partial charge in [-0.2, -0.15) is 0 Å². The van der Waals surface area contributed by atoms with E-state index in [1.807, 2.05) is 0 Å². The predicted molar refractivity (Wildman–Crippen MR) is 155 cm³/mol. The first-order chi connectivity index (χ1) is 17.6. The fourth-order valence-electron chi connectivity index (χ4n) is 6.46. The molecule has 0 aliphatic heterocycles. The first kappa shape index (κ1) is 21.1. The predicted octanol–water partition coefficient (Wildman–Crippen LogP) is 9.94. The average Bonchev–Trinajstić information content (AvgIpc) is 3.15. The van der Waals surface area contributed by atoms with Crippen molar-refractivity contribution in [2.45, 2.75) is 26.2 Å². The zero-order chi connectivity index (χ0) is 24.4. The van der Waals surface area contributed by atoms with Gasteiger partial charge in [0.25, 0.3) is 0 Å². The Hall–Kier alpha value is -4.16. The number of fused-ring (bicyclic) bond motifs is 5. The van der Waals surface area contributed by atoms with Gasteiger partial charge in [0.1, 0.15) is 0 Å². The molecule has 6 aromatic rings. The van der Waals surface area contributed by atoms with Gasteiger partial charge in [-0.3, -0.25) is 0 Å². The summed E-state index contributed by atoms with van der Waals surface area (Å²) in [6.45, 7) is 6.93. The van der Waals surface area contributed by atoms with Gasteiger partial charge in [-0.15, -0.1) is 0 Å².